The summed E-state index contributed by atoms with van der Waals surface area (Å²) in [4.78, 5) is 13.4. The first-order chi connectivity index (χ1) is 45.3. The lowest BCUT2D eigenvalue weighted by molar-refractivity contribution is -0.379. The van der Waals surface area contributed by atoms with Crippen molar-refractivity contribution in [2.75, 3.05) is 26.4 Å². The first-order valence-corrected chi connectivity index (χ1v) is 36.3. The molecule has 3 saturated heterocycles. The molecule has 0 aromatic rings. The van der Waals surface area contributed by atoms with Crippen LogP contribution in [0.5, 0.6) is 0 Å². The number of hydrogen-bond acceptors (Lipinski definition) is 18. The van der Waals surface area contributed by atoms with Gasteiger partial charge in [0.2, 0.25) is 5.91 Å². The van der Waals surface area contributed by atoms with Crippen LogP contribution in [-0.4, -0.2) is 193 Å². The molecule has 17 atom stereocenters. The average molecular weight is 1320 g/mol. The molecule has 12 N–H and O–H groups in total. The number of aliphatic hydroxyl groups is 11. The van der Waals surface area contributed by atoms with Crippen molar-refractivity contribution in [3.63, 3.8) is 0 Å². The molecule has 3 aliphatic heterocycles. The molecule has 1 amide bonds. The summed E-state index contributed by atoms with van der Waals surface area (Å²) in [5.41, 5.74) is 0. The molecule has 3 rings (SSSR count). The van der Waals surface area contributed by atoms with E-state index >= 15 is 0 Å². The average Bonchev–Trinajstić information content (AvgIpc) is 0.819. The number of carbonyl (C=O) groups is 1. The summed E-state index contributed by atoms with van der Waals surface area (Å²) in [6, 6.07) is -0.988. The van der Waals surface area contributed by atoms with Crippen LogP contribution in [0, 0.1) is 0 Å². The van der Waals surface area contributed by atoms with Gasteiger partial charge >= 0.3 is 0 Å². The summed E-state index contributed by atoms with van der Waals surface area (Å²) in [5.74, 6) is -0.292. The third-order valence-corrected chi connectivity index (χ3v) is 17.7. The Morgan fingerprint density at radius 2 is 0.742 bits per heavy atom. The van der Waals surface area contributed by atoms with Crippen LogP contribution in [0.4, 0.5) is 0 Å². The van der Waals surface area contributed by atoms with E-state index in [9.17, 15) is 61.0 Å². The predicted molar refractivity (Wildman–Crippen MR) is 364 cm³/mol. The Bertz CT molecular complexity index is 2010. The maximum absolute atomic E-state index is 13.4. The quantitative estimate of drug-likeness (QED) is 0.0199. The van der Waals surface area contributed by atoms with Gasteiger partial charge in [0.1, 0.15) is 73.2 Å². The van der Waals surface area contributed by atoms with E-state index in [0.29, 0.717) is 6.42 Å². The molecule has 17 unspecified atom stereocenters. The number of unbranched alkanes of at least 4 members (excludes halogenated alkanes) is 27. The zero-order valence-corrected chi connectivity index (χ0v) is 57.0. The Morgan fingerprint density at radius 3 is 1.16 bits per heavy atom. The summed E-state index contributed by atoms with van der Waals surface area (Å²) >= 11 is 0. The van der Waals surface area contributed by atoms with Gasteiger partial charge in [-0.3, -0.25) is 4.79 Å². The molecule has 0 spiro atoms. The van der Waals surface area contributed by atoms with Crippen molar-refractivity contribution >= 4 is 5.91 Å². The molecule has 0 bridgehead atoms. The zero-order chi connectivity index (χ0) is 67.5. The Hall–Kier alpha value is -3.03. The lowest BCUT2D eigenvalue weighted by Crippen LogP contribution is -2.66. The van der Waals surface area contributed by atoms with Crippen LogP contribution in [0.2, 0.25) is 0 Å². The minimum atomic E-state index is -1.98. The molecule has 0 aromatic carbocycles. The molecule has 93 heavy (non-hydrogen) atoms. The van der Waals surface area contributed by atoms with Crippen molar-refractivity contribution in [1.29, 1.82) is 0 Å². The lowest BCUT2D eigenvalue weighted by Gasteiger charge is -2.48. The smallest absolute Gasteiger partial charge is 0.220 e. The van der Waals surface area contributed by atoms with E-state index in [1.807, 2.05) is 6.08 Å². The number of hydrogen-bond donors (Lipinski definition) is 12. The summed E-state index contributed by atoms with van der Waals surface area (Å²) in [6.45, 7) is 1.62. The number of carbonyl (C=O) groups excluding carboxylic acids is 1. The van der Waals surface area contributed by atoms with Gasteiger partial charge in [-0.15, -0.1) is 0 Å². The fourth-order valence-corrected chi connectivity index (χ4v) is 11.8. The van der Waals surface area contributed by atoms with E-state index in [1.54, 1.807) is 6.08 Å². The molecule has 3 aliphatic rings. The molecule has 19 nitrogen and oxygen atoms in total. The molecular formula is C74H129NO18. The number of nitrogens with one attached hydrogen (secondary N) is 1. The molecular weight excluding hydrogens is 1190 g/mol. The van der Waals surface area contributed by atoms with Crippen LogP contribution in [0.3, 0.4) is 0 Å². The van der Waals surface area contributed by atoms with Gasteiger partial charge in [0, 0.05) is 6.42 Å². The maximum Gasteiger partial charge on any atom is 0.220 e. The minimum Gasteiger partial charge on any atom is -0.394 e. The Balaban J connectivity index is 1.44. The lowest BCUT2D eigenvalue weighted by atomic mass is 9.96. The predicted octanol–water partition coefficient (Wildman–Crippen LogP) is 10.3. The van der Waals surface area contributed by atoms with Gasteiger partial charge in [0.25, 0.3) is 0 Å². The largest absolute Gasteiger partial charge is 0.394 e. The molecule has 3 fully saturated rings. The van der Waals surface area contributed by atoms with Crippen LogP contribution < -0.4 is 5.32 Å². The molecule has 19 heteroatoms. The van der Waals surface area contributed by atoms with E-state index in [-0.39, 0.29) is 18.9 Å². The number of aliphatic hydroxyl groups excluding tert-OH is 11. The Labute approximate surface area is 559 Å². The zero-order valence-electron chi connectivity index (χ0n) is 57.0. The van der Waals surface area contributed by atoms with Crippen molar-refractivity contribution in [1.82, 2.24) is 5.32 Å². The monoisotopic (exact) mass is 1320 g/mol. The summed E-state index contributed by atoms with van der Waals surface area (Å²) in [6.07, 6.45) is 44.0. The highest BCUT2D eigenvalue weighted by Crippen LogP contribution is 2.33. The van der Waals surface area contributed by atoms with Gasteiger partial charge in [-0.25, -0.2) is 0 Å². The normalized spacial score (nSPS) is 28.0. The highest BCUT2D eigenvalue weighted by Gasteiger charge is 2.53. The van der Waals surface area contributed by atoms with E-state index in [2.05, 4.69) is 92.1 Å². The van der Waals surface area contributed by atoms with E-state index in [4.69, 9.17) is 28.4 Å². The second kappa shape index (κ2) is 54.9. The fourth-order valence-electron chi connectivity index (χ4n) is 11.8. The van der Waals surface area contributed by atoms with Gasteiger partial charge in [-0.2, -0.15) is 0 Å². The number of amides is 1. The van der Waals surface area contributed by atoms with E-state index in [1.165, 1.54) is 116 Å². The summed E-state index contributed by atoms with van der Waals surface area (Å²) < 4.78 is 34.4. The third kappa shape index (κ3) is 36.4. The van der Waals surface area contributed by atoms with Gasteiger partial charge in [-0.05, 0) is 70.6 Å². The second-order valence-electron chi connectivity index (χ2n) is 25.7. The van der Waals surface area contributed by atoms with Gasteiger partial charge in [0.15, 0.2) is 18.9 Å². The number of rotatable bonds is 55. The van der Waals surface area contributed by atoms with E-state index < -0.39 is 124 Å². The standard InChI is InChI=1S/C74H129NO18/c1-3-5-7-9-11-13-15-17-19-21-23-25-27-28-30-32-34-36-38-40-42-44-46-48-50-52-62(80)75-57(58(79)51-49-47-45-43-41-39-37-35-33-31-29-26-24-22-20-18-16-14-12-10-8-6-4-2)56-88-72-68(86)65(83)70(60(54-77)90-72)93-74-69(87)66(84)71(61(55-78)91-74)92-73-67(85)64(82)63(81)59(53-76)89-73/h5,7,11,13,17,19,23,25,28,30,34,36,49,51,57-61,63-74,76-79,81-87H,3-4,6,8-10,12,14-16,18,20-22,24,26-27,29,31-33,35,37-48,50,52-56H2,1-2H3,(H,75,80)/b7-5-,13-11-,19-17-,25-23-,30-28-,36-34-,51-49+. The van der Waals surface area contributed by atoms with Gasteiger partial charge in [-0.1, -0.05) is 253 Å². The second-order valence-corrected chi connectivity index (χ2v) is 25.7. The summed E-state index contributed by atoms with van der Waals surface area (Å²) in [7, 11) is 0. The molecule has 538 valence electrons. The highest BCUT2D eigenvalue weighted by atomic mass is 16.8. The topological polar surface area (TPSA) is 307 Å². The SMILES string of the molecule is CC/C=C\C/C=C\C/C=C\C/C=C\C/C=C\C/C=C\CCCCCCCCC(=O)NC(COC1OC(CO)C(OC2OC(CO)C(OC3OC(CO)C(O)C(O)C3O)C(O)C2O)C(O)C1O)C(O)/C=C/CCCCCCCCCCCCCCCCCCCCCCC. The highest BCUT2D eigenvalue weighted by molar-refractivity contribution is 5.76. The van der Waals surface area contributed by atoms with Crippen LogP contribution in [-0.2, 0) is 33.2 Å². The molecule has 0 saturated carbocycles. The van der Waals surface area contributed by atoms with Gasteiger partial charge < -0.3 is 89.9 Å². The number of allylic oxidation sites excluding steroid dienone is 13. The number of ether oxygens (including phenoxy) is 6. The third-order valence-electron chi connectivity index (χ3n) is 17.7. The Kier molecular flexibility index (Phi) is 49.7. The molecule has 0 aromatic heterocycles. The van der Waals surface area contributed by atoms with Crippen molar-refractivity contribution in [3.8, 4) is 0 Å². The fraction of sp³-hybridized carbons (Fsp3) is 0.797. The van der Waals surface area contributed by atoms with Gasteiger partial charge in [0.05, 0.1) is 38.6 Å². The van der Waals surface area contributed by atoms with Crippen molar-refractivity contribution in [2.24, 2.45) is 0 Å². The van der Waals surface area contributed by atoms with Crippen LogP contribution in [0.1, 0.15) is 245 Å². The van der Waals surface area contributed by atoms with Crippen LogP contribution >= 0.6 is 0 Å². The maximum atomic E-state index is 13.4. The van der Waals surface area contributed by atoms with Crippen LogP contribution in [0.15, 0.2) is 85.1 Å². The molecule has 0 aliphatic carbocycles. The van der Waals surface area contributed by atoms with Crippen molar-refractivity contribution in [3.05, 3.63) is 85.1 Å². The van der Waals surface area contributed by atoms with E-state index in [0.717, 1.165) is 103 Å². The first kappa shape index (κ1) is 84.2. The summed E-state index contributed by atoms with van der Waals surface area (Å²) in [5, 5.41) is 121. The molecule has 0 radical (unpaired) electrons. The van der Waals surface area contributed by atoms with Crippen LogP contribution in [0.25, 0.3) is 0 Å². The van der Waals surface area contributed by atoms with Crippen molar-refractivity contribution in [2.45, 2.75) is 349 Å². The molecule has 3 heterocycles. The minimum absolute atomic E-state index is 0.222. The van der Waals surface area contributed by atoms with Crippen molar-refractivity contribution < 1.29 is 89.4 Å². The Morgan fingerprint density at radius 1 is 0.398 bits per heavy atom. The first-order valence-electron chi connectivity index (χ1n) is 36.3.